The lowest BCUT2D eigenvalue weighted by Gasteiger charge is -1.99. The third kappa shape index (κ3) is 1.94. The van der Waals surface area contributed by atoms with Crippen molar-refractivity contribution < 1.29 is 5.11 Å². The number of hydrogen-bond donors (Lipinski definition) is 2. The maximum atomic E-state index is 9.72. The van der Waals surface area contributed by atoms with Gasteiger partial charge in [-0.1, -0.05) is 0 Å². The van der Waals surface area contributed by atoms with Crippen LogP contribution in [0.3, 0.4) is 0 Å². The Morgan fingerprint density at radius 3 is 2.89 bits per heavy atom. The van der Waals surface area contributed by atoms with Gasteiger partial charge >= 0.3 is 0 Å². The number of nitrogens with zero attached hydrogens (tertiary/aromatic N) is 2. The molecule has 0 unspecified atom stereocenters. The van der Waals surface area contributed by atoms with Crippen molar-refractivity contribution in [3.63, 3.8) is 0 Å². The molecule has 2 N–H and O–H groups in total. The van der Waals surface area contributed by atoms with E-state index in [2.05, 4.69) is 37.5 Å². The number of fused-ring (bicyclic) bond motifs is 1. The minimum Gasteiger partial charge on any atom is -0.507 e. The van der Waals surface area contributed by atoms with Gasteiger partial charge in [0.15, 0.2) is 5.65 Å². The molecule has 2 aromatic heterocycles. The minimum atomic E-state index is 0.262. The van der Waals surface area contributed by atoms with Crippen molar-refractivity contribution in [1.29, 1.82) is 0 Å². The molecule has 0 saturated carbocycles. The number of H-pyrrole nitrogens is 1. The van der Waals surface area contributed by atoms with Crippen LogP contribution in [0.1, 0.15) is 5.56 Å². The summed E-state index contributed by atoms with van der Waals surface area (Å²) >= 11 is 2.09. The quantitative estimate of drug-likeness (QED) is 0.662. The van der Waals surface area contributed by atoms with Crippen molar-refractivity contribution in [1.82, 2.24) is 15.0 Å². The van der Waals surface area contributed by atoms with Gasteiger partial charge in [0.2, 0.25) is 0 Å². The van der Waals surface area contributed by atoms with Gasteiger partial charge in [0.25, 0.3) is 0 Å². The number of imidazole rings is 1. The fourth-order valence-corrected chi connectivity index (χ4v) is 2.14. The Morgan fingerprint density at radius 2 is 2.11 bits per heavy atom. The third-order valence-corrected chi connectivity index (χ3v) is 3.61. The molecule has 0 bridgehead atoms. The number of hydrogen-bond acceptors (Lipinski definition) is 3. The Labute approximate surface area is 117 Å². The van der Waals surface area contributed by atoms with Crippen molar-refractivity contribution in [2.24, 2.45) is 0 Å². The minimum absolute atomic E-state index is 0.262. The van der Waals surface area contributed by atoms with E-state index < -0.39 is 0 Å². The van der Waals surface area contributed by atoms with Crippen molar-refractivity contribution in [3.8, 4) is 17.1 Å². The SMILES string of the molecule is Cc1cnc2nc(-c3ccc(I)c(O)c3)[nH]c2c1. The zero-order valence-electron chi connectivity index (χ0n) is 9.61. The van der Waals surface area contributed by atoms with Gasteiger partial charge in [-0.15, -0.1) is 0 Å². The zero-order valence-corrected chi connectivity index (χ0v) is 11.8. The topological polar surface area (TPSA) is 61.8 Å². The second-order valence-electron chi connectivity index (χ2n) is 4.14. The summed E-state index contributed by atoms with van der Waals surface area (Å²) in [6, 6.07) is 7.49. The Morgan fingerprint density at radius 1 is 1.28 bits per heavy atom. The summed E-state index contributed by atoms with van der Waals surface area (Å²) in [4.78, 5) is 11.9. The average molecular weight is 351 g/mol. The second-order valence-corrected chi connectivity index (χ2v) is 5.30. The molecular weight excluding hydrogens is 341 g/mol. The summed E-state index contributed by atoms with van der Waals surface area (Å²) in [5.41, 5.74) is 3.53. The normalized spacial score (nSPS) is 11.0. The van der Waals surface area contributed by atoms with Crippen LogP contribution in [0.2, 0.25) is 0 Å². The van der Waals surface area contributed by atoms with Gasteiger partial charge < -0.3 is 10.1 Å². The lowest BCUT2D eigenvalue weighted by molar-refractivity contribution is 0.471. The maximum absolute atomic E-state index is 9.72. The number of aromatic nitrogens is 3. The number of phenolic OH excluding ortho intramolecular Hbond substituents is 1. The van der Waals surface area contributed by atoms with Gasteiger partial charge in [-0.25, -0.2) is 9.97 Å². The second kappa shape index (κ2) is 4.24. The van der Waals surface area contributed by atoms with Crippen molar-refractivity contribution in [2.45, 2.75) is 6.92 Å². The van der Waals surface area contributed by atoms with E-state index in [-0.39, 0.29) is 5.75 Å². The van der Waals surface area contributed by atoms with Crippen molar-refractivity contribution in [3.05, 3.63) is 39.6 Å². The van der Waals surface area contributed by atoms with Gasteiger partial charge in [-0.3, -0.25) is 0 Å². The van der Waals surface area contributed by atoms with Crippen LogP contribution in [0.25, 0.3) is 22.6 Å². The Bertz CT molecular complexity index is 736. The van der Waals surface area contributed by atoms with Gasteiger partial charge in [0, 0.05) is 11.8 Å². The lowest BCUT2D eigenvalue weighted by atomic mass is 10.2. The smallest absolute Gasteiger partial charge is 0.178 e. The molecule has 0 atom stereocenters. The van der Waals surface area contributed by atoms with E-state index in [1.54, 1.807) is 12.3 Å². The van der Waals surface area contributed by atoms with Crippen LogP contribution in [0, 0.1) is 10.5 Å². The summed E-state index contributed by atoms with van der Waals surface area (Å²) < 4.78 is 0.821. The molecule has 3 rings (SSSR count). The first-order valence-corrected chi connectivity index (χ1v) is 6.52. The number of aryl methyl sites for hydroxylation is 1. The molecule has 0 aliphatic carbocycles. The monoisotopic (exact) mass is 351 g/mol. The number of nitrogens with one attached hydrogen (secondary N) is 1. The van der Waals surface area contributed by atoms with E-state index in [9.17, 15) is 5.11 Å². The maximum Gasteiger partial charge on any atom is 0.178 e. The molecule has 90 valence electrons. The largest absolute Gasteiger partial charge is 0.507 e. The highest BCUT2D eigenvalue weighted by Gasteiger charge is 2.08. The van der Waals surface area contributed by atoms with Gasteiger partial charge in [-0.05, 0) is 59.3 Å². The molecule has 0 radical (unpaired) electrons. The van der Waals surface area contributed by atoms with E-state index in [1.807, 2.05) is 25.1 Å². The third-order valence-electron chi connectivity index (χ3n) is 2.69. The van der Waals surface area contributed by atoms with E-state index in [4.69, 9.17) is 0 Å². The molecule has 5 heteroatoms. The average Bonchev–Trinajstić information content (AvgIpc) is 2.75. The number of halogens is 1. The van der Waals surface area contributed by atoms with Crippen LogP contribution >= 0.6 is 22.6 Å². The Kier molecular flexibility index (Phi) is 2.70. The van der Waals surface area contributed by atoms with E-state index in [0.29, 0.717) is 5.65 Å². The Hall–Kier alpha value is -1.63. The first-order valence-electron chi connectivity index (χ1n) is 5.45. The summed E-state index contributed by atoms with van der Waals surface area (Å²) in [7, 11) is 0. The van der Waals surface area contributed by atoms with Crippen LogP contribution in [-0.4, -0.2) is 20.1 Å². The fraction of sp³-hybridized carbons (Fsp3) is 0.0769. The summed E-state index contributed by atoms with van der Waals surface area (Å²) in [6.07, 6.45) is 1.79. The predicted octanol–water partition coefficient (Wildman–Crippen LogP) is 3.24. The molecule has 0 aliphatic heterocycles. The zero-order chi connectivity index (χ0) is 12.7. The number of rotatable bonds is 1. The molecule has 0 amide bonds. The van der Waals surface area contributed by atoms with E-state index >= 15 is 0 Å². The summed E-state index contributed by atoms with van der Waals surface area (Å²) in [5.74, 6) is 0.979. The van der Waals surface area contributed by atoms with E-state index in [1.165, 1.54) is 0 Å². The molecule has 2 heterocycles. The highest BCUT2D eigenvalue weighted by molar-refractivity contribution is 14.1. The molecule has 4 nitrogen and oxygen atoms in total. The number of phenols is 1. The first-order chi connectivity index (χ1) is 8.63. The van der Waals surface area contributed by atoms with Gasteiger partial charge in [-0.2, -0.15) is 0 Å². The predicted molar refractivity (Wildman–Crippen MR) is 78.4 cm³/mol. The number of benzene rings is 1. The van der Waals surface area contributed by atoms with E-state index in [0.717, 1.165) is 26.0 Å². The molecule has 3 aromatic rings. The van der Waals surface area contributed by atoms with Crippen LogP contribution in [0.4, 0.5) is 0 Å². The van der Waals surface area contributed by atoms with Crippen molar-refractivity contribution >= 4 is 33.8 Å². The summed E-state index contributed by atoms with van der Waals surface area (Å²) in [5, 5.41) is 9.72. The van der Waals surface area contributed by atoms with Gasteiger partial charge in [0.1, 0.15) is 11.6 Å². The fourth-order valence-electron chi connectivity index (χ4n) is 1.80. The highest BCUT2D eigenvalue weighted by Crippen LogP contribution is 2.26. The van der Waals surface area contributed by atoms with Crippen LogP contribution < -0.4 is 0 Å². The Balaban J connectivity index is 2.16. The highest BCUT2D eigenvalue weighted by atomic mass is 127. The first kappa shape index (κ1) is 11.5. The van der Waals surface area contributed by atoms with Crippen LogP contribution in [-0.2, 0) is 0 Å². The standard InChI is InChI=1S/C13H10IN3O/c1-7-4-10-13(15-6-7)17-12(16-10)8-2-3-9(14)11(18)5-8/h2-6,18H,1H3,(H,15,16,17). The number of aromatic amines is 1. The molecule has 0 saturated heterocycles. The van der Waals surface area contributed by atoms with Crippen molar-refractivity contribution in [2.75, 3.05) is 0 Å². The molecule has 0 aliphatic rings. The lowest BCUT2D eigenvalue weighted by Crippen LogP contribution is -1.81. The van der Waals surface area contributed by atoms with Crippen LogP contribution in [0.15, 0.2) is 30.5 Å². The molecule has 18 heavy (non-hydrogen) atoms. The molecule has 0 spiro atoms. The number of pyridine rings is 1. The molecule has 0 fully saturated rings. The number of aromatic hydroxyl groups is 1. The van der Waals surface area contributed by atoms with Gasteiger partial charge in [0.05, 0.1) is 9.09 Å². The molecule has 1 aromatic carbocycles. The molecular formula is C13H10IN3O. The summed E-state index contributed by atoms with van der Waals surface area (Å²) in [6.45, 7) is 1.99. The van der Waals surface area contributed by atoms with Crippen LogP contribution in [0.5, 0.6) is 5.75 Å².